The van der Waals surface area contributed by atoms with Crippen molar-refractivity contribution < 1.29 is 15.0 Å². The summed E-state index contributed by atoms with van der Waals surface area (Å²) in [6, 6.07) is 14.2. The summed E-state index contributed by atoms with van der Waals surface area (Å²) in [7, 11) is 1.75. The van der Waals surface area contributed by atoms with Crippen molar-refractivity contribution in [1.29, 1.82) is 0 Å². The quantitative estimate of drug-likeness (QED) is 0.839. The van der Waals surface area contributed by atoms with E-state index in [4.69, 9.17) is 0 Å². The average Bonchev–Trinajstić information content (AvgIpc) is 2.44. The summed E-state index contributed by atoms with van der Waals surface area (Å²) in [5.74, 6) is -0.432. The van der Waals surface area contributed by atoms with Gasteiger partial charge in [-0.15, -0.1) is 0 Å². The number of hydrogen-bond donors (Lipinski definition) is 2. The number of hydrogen-bond acceptors (Lipinski definition) is 3. The number of amides is 1. The molecule has 0 bridgehead atoms. The van der Waals surface area contributed by atoms with Gasteiger partial charge in [0.25, 0.3) is 0 Å². The normalized spacial score (nSPS) is 10.2. The first-order chi connectivity index (χ1) is 9.56. The van der Waals surface area contributed by atoms with Gasteiger partial charge >= 0.3 is 0 Å². The highest BCUT2D eigenvalue weighted by Gasteiger charge is 2.11. The molecule has 20 heavy (non-hydrogen) atoms. The lowest BCUT2D eigenvalue weighted by atomic mass is 10.1. The number of aromatic hydroxyl groups is 2. The molecule has 0 aliphatic heterocycles. The number of rotatable bonds is 4. The topological polar surface area (TPSA) is 60.8 Å². The van der Waals surface area contributed by atoms with Gasteiger partial charge in [-0.2, -0.15) is 0 Å². The molecule has 0 radical (unpaired) electrons. The molecule has 0 spiro atoms. The third-order valence-electron chi connectivity index (χ3n) is 3.08. The van der Waals surface area contributed by atoms with E-state index in [1.807, 2.05) is 30.3 Å². The van der Waals surface area contributed by atoms with Crippen LogP contribution in [0.1, 0.15) is 11.1 Å². The van der Waals surface area contributed by atoms with Gasteiger partial charge in [0, 0.05) is 13.6 Å². The van der Waals surface area contributed by atoms with Crippen LogP contribution in [0.15, 0.2) is 48.5 Å². The van der Waals surface area contributed by atoms with Crippen molar-refractivity contribution in [3.8, 4) is 11.5 Å². The van der Waals surface area contributed by atoms with E-state index in [0.29, 0.717) is 12.1 Å². The highest BCUT2D eigenvalue weighted by molar-refractivity contribution is 5.78. The molecule has 2 aromatic carbocycles. The summed E-state index contributed by atoms with van der Waals surface area (Å²) in [5.41, 5.74) is 1.74. The first kappa shape index (κ1) is 13.9. The zero-order valence-electron chi connectivity index (χ0n) is 11.3. The number of benzene rings is 2. The zero-order chi connectivity index (χ0) is 14.5. The molecule has 1 amide bonds. The Morgan fingerprint density at radius 2 is 1.70 bits per heavy atom. The molecular weight excluding hydrogens is 254 g/mol. The van der Waals surface area contributed by atoms with Crippen molar-refractivity contribution in [3.63, 3.8) is 0 Å². The molecule has 0 unspecified atom stereocenters. The minimum absolute atomic E-state index is 0.0426. The number of carbonyl (C=O) groups is 1. The third-order valence-corrected chi connectivity index (χ3v) is 3.08. The smallest absolute Gasteiger partial charge is 0.227 e. The molecule has 104 valence electrons. The molecule has 0 aliphatic rings. The Kier molecular flexibility index (Phi) is 4.25. The van der Waals surface area contributed by atoms with E-state index in [0.717, 1.165) is 5.56 Å². The van der Waals surface area contributed by atoms with E-state index < -0.39 is 0 Å². The summed E-state index contributed by atoms with van der Waals surface area (Å²) >= 11 is 0. The van der Waals surface area contributed by atoms with Gasteiger partial charge in [-0.05, 0) is 23.3 Å². The molecule has 0 heterocycles. The molecule has 4 heteroatoms. The van der Waals surface area contributed by atoms with E-state index in [1.165, 1.54) is 12.1 Å². The number of carbonyl (C=O) groups excluding carboxylic acids is 1. The van der Waals surface area contributed by atoms with Crippen LogP contribution in [0.3, 0.4) is 0 Å². The molecular formula is C16H17NO3. The van der Waals surface area contributed by atoms with Crippen LogP contribution in [0, 0.1) is 0 Å². The van der Waals surface area contributed by atoms with Gasteiger partial charge in [0.1, 0.15) is 0 Å². The highest BCUT2D eigenvalue weighted by Crippen LogP contribution is 2.25. The van der Waals surface area contributed by atoms with Crippen LogP contribution >= 0.6 is 0 Å². The van der Waals surface area contributed by atoms with Crippen LogP contribution in [-0.2, 0) is 17.8 Å². The lowest BCUT2D eigenvalue weighted by Gasteiger charge is -2.17. The van der Waals surface area contributed by atoms with E-state index in [1.54, 1.807) is 18.0 Å². The van der Waals surface area contributed by atoms with Crippen LogP contribution in [0.2, 0.25) is 0 Å². The van der Waals surface area contributed by atoms with E-state index in [2.05, 4.69) is 0 Å². The number of phenols is 2. The molecule has 0 atom stereocenters. The zero-order valence-corrected chi connectivity index (χ0v) is 11.3. The number of nitrogens with zero attached hydrogens (tertiary/aromatic N) is 1. The highest BCUT2D eigenvalue weighted by atomic mass is 16.3. The Balaban J connectivity index is 1.99. The molecule has 2 aromatic rings. The van der Waals surface area contributed by atoms with Crippen molar-refractivity contribution in [1.82, 2.24) is 4.90 Å². The summed E-state index contributed by atoms with van der Waals surface area (Å²) in [6.07, 6.45) is 0.192. The van der Waals surface area contributed by atoms with Crippen LogP contribution in [0.4, 0.5) is 0 Å². The van der Waals surface area contributed by atoms with Crippen molar-refractivity contribution in [2.75, 3.05) is 7.05 Å². The Morgan fingerprint density at radius 1 is 1.00 bits per heavy atom. The van der Waals surface area contributed by atoms with Crippen molar-refractivity contribution in [2.24, 2.45) is 0 Å². The molecule has 2 rings (SSSR count). The Labute approximate surface area is 117 Å². The molecule has 0 aliphatic carbocycles. The Hall–Kier alpha value is -2.49. The largest absolute Gasteiger partial charge is 0.504 e. The standard InChI is InChI=1S/C16H17NO3/c1-17(11-12-5-3-2-4-6-12)16(20)10-13-7-8-14(18)15(19)9-13/h2-9,18-19H,10-11H2,1H3. The lowest BCUT2D eigenvalue weighted by molar-refractivity contribution is -0.129. The fourth-order valence-corrected chi connectivity index (χ4v) is 1.93. The van der Waals surface area contributed by atoms with Gasteiger partial charge in [-0.25, -0.2) is 0 Å². The second kappa shape index (κ2) is 6.10. The van der Waals surface area contributed by atoms with E-state index in [9.17, 15) is 15.0 Å². The van der Waals surface area contributed by atoms with Crippen molar-refractivity contribution >= 4 is 5.91 Å². The first-order valence-corrected chi connectivity index (χ1v) is 6.35. The summed E-state index contributed by atoms with van der Waals surface area (Å²) in [4.78, 5) is 13.7. The predicted molar refractivity (Wildman–Crippen MR) is 76.4 cm³/mol. The van der Waals surface area contributed by atoms with Crippen molar-refractivity contribution in [2.45, 2.75) is 13.0 Å². The van der Waals surface area contributed by atoms with Gasteiger partial charge < -0.3 is 15.1 Å². The van der Waals surface area contributed by atoms with Crippen LogP contribution in [0.25, 0.3) is 0 Å². The molecule has 0 aromatic heterocycles. The summed E-state index contributed by atoms with van der Waals surface area (Å²) in [5, 5.41) is 18.6. The minimum Gasteiger partial charge on any atom is -0.504 e. The van der Waals surface area contributed by atoms with Gasteiger partial charge in [0.15, 0.2) is 11.5 Å². The van der Waals surface area contributed by atoms with Gasteiger partial charge in [0.2, 0.25) is 5.91 Å². The van der Waals surface area contributed by atoms with E-state index >= 15 is 0 Å². The van der Waals surface area contributed by atoms with E-state index in [-0.39, 0.29) is 23.8 Å². The second-order valence-electron chi connectivity index (χ2n) is 4.74. The molecule has 0 fully saturated rings. The van der Waals surface area contributed by atoms with Gasteiger partial charge in [0.05, 0.1) is 6.42 Å². The van der Waals surface area contributed by atoms with Crippen LogP contribution in [-0.4, -0.2) is 28.1 Å². The maximum atomic E-state index is 12.1. The minimum atomic E-state index is -0.207. The SMILES string of the molecule is CN(Cc1ccccc1)C(=O)Cc1ccc(O)c(O)c1. The fourth-order valence-electron chi connectivity index (χ4n) is 1.93. The van der Waals surface area contributed by atoms with Gasteiger partial charge in [-0.3, -0.25) is 4.79 Å². The number of likely N-dealkylation sites (N-methyl/N-ethyl adjacent to an activating group) is 1. The molecule has 2 N–H and O–H groups in total. The maximum absolute atomic E-state index is 12.1. The molecule has 0 saturated carbocycles. The predicted octanol–water partition coefficient (Wildman–Crippen LogP) is 2.30. The fraction of sp³-hybridized carbons (Fsp3) is 0.188. The maximum Gasteiger partial charge on any atom is 0.227 e. The summed E-state index contributed by atoms with van der Waals surface area (Å²) in [6.45, 7) is 0.545. The first-order valence-electron chi connectivity index (χ1n) is 6.35. The molecule has 0 saturated heterocycles. The summed E-state index contributed by atoms with van der Waals surface area (Å²) < 4.78 is 0. The Morgan fingerprint density at radius 3 is 2.35 bits per heavy atom. The van der Waals surface area contributed by atoms with Gasteiger partial charge in [-0.1, -0.05) is 36.4 Å². The van der Waals surface area contributed by atoms with Crippen LogP contribution in [0.5, 0.6) is 11.5 Å². The molecule has 4 nitrogen and oxygen atoms in total. The number of phenolic OH excluding ortho intramolecular Hbond substituents is 2. The average molecular weight is 271 g/mol. The third kappa shape index (κ3) is 3.51. The lowest BCUT2D eigenvalue weighted by Crippen LogP contribution is -2.27. The van der Waals surface area contributed by atoms with Crippen molar-refractivity contribution in [3.05, 3.63) is 59.7 Å². The second-order valence-corrected chi connectivity index (χ2v) is 4.74. The van der Waals surface area contributed by atoms with Crippen LogP contribution < -0.4 is 0 Å². The monoisotopic (exact) mass is 271 g/mol. The Bertz CT molecular complexity index is 596.